The molecule has 3 aliphatic heterocycles. The first-order valence-electron chi connectivity index (χ1n) is 27.1. The van der Waals surface area contributed by atoms with Crippen molar-refractivity contribution < 1.29 is 81.5 Å². The van der Waals surface area contributed by atoms with E-state index in [4.69, 9.17) is 40.1 Å². The van der Waals surface area contributed by atoms with Crippen LogP contribution in [0.15, 0.2) is 53.2 Å². The number of allylic oxidation sites excluding steroid dienone is 3. The first-order chi connectivity index (χ1) is 39.0. The van der Waals surface area contributed by atoms with E-state index in [1.807, 2.05) is 26.8 Å². The smallest absolute Gasteiger partial charge is 0.409 e. The lowest BCUT2D eigenvalue weighted by atomic mass is 9.81. The van der Waals surface area contributed by atoms with Crippen LogP contribution in [0.3, 0.4) is 0 Å². The number of ether oxygens (including phenoxy) is 5. The number of rotatable bonds is 19. The summed E-state index contributed by atoms with van der Waals surface area (Å²) in [6.45, 7) is 10.1. The fourth-order valence-electron chi connectivity index (χ4n) is 9.89. The number of aryl methyl sites for hydroxylation is 1. The van der Waals surface area contributed by atoms with Crippen LogP contribution in [0.2, 0.25) is 5.02 Å². The number of carbonyl (C=O) groups excluding carboxylic acids is 8. The number of likely N-dealkylation sites (N-methyl/N-ethyl adjacent to an activating group) is 1. The number of hydroxylamine groups is 2. The van der Waals surface area contributed by atoms with Crippen LogP contribution in [0.1, 0.15) is 122 Å². The van der Waals surface area contributed by atoms with E-state index in [-0.39, 0.29) is 80.0 Å². The molecule has 454 valence electrons. The zero-order valence-electron chi connectivity index (χ0n) is 48.3. The molecule has 4 bridgehead atoms. The van der Waals surface area contributed by atoms with E-state index in [1.54, 1.807) is 37.3 Å². The molecule has 2 fully saturated rings. The summed E-state index contributed by atoms with van der Waals surface area (Å²) in [6.07, 6.45) is 0.968. The third-order valence-electron chi connectivity index (χ3n) is 14.6. The van der Waals surface area contributed by atoms with Crippen LogP contribution in [0.4, 0.5) is 14.9 Å². The maximum atomic E-state index is 15.4. The number of halogens is 2. The van der Waals surface area contributed by atoms with Crippen molar-refractivity contribution in [2.75, 3.05) is 45.6 Å². The second-order valence-corrected chi connectivity index (χ2v) is 25.5. The molecule has 0 radical (unpaired) electrons. The number of imide groups is 1. The van der Waals surface area contributed by atoms with Gasteiger partial charge in [0.05, 0.1) is 43.6 Å². The van der Waals surface area contributed by atoms with Gasteiger partial charge in [-0.1, -0.05) is 63.9 Å². The van der Waals surface area contributed by atoms with Crippen LogP contribution in [0.5, 0.6) is 11.5 Å². The fourth-order valence-corrected chi connectivity index (χ4v) is 12.7. The highest BCUT2D eigenvalue weighted by Crippen LogP contribution is 2.40. The summed E-state index contributed by atoms with van der Waals surface area (Å²) in [7, 11) is 8.46. The molecule has 3 heterocycles. The van der Waals surface area contributed by atoms with Crippen LogP contribution in [0, 0.1) is 11.7 Å². The molecule has 6 rings (SSSR count). The lowest BCUT2D eigenvalue weighted by molar-refractivity contribution is -0.197. The molecule has 83 heavy (non-hydrogen) atoms. The predicted molar refractivity (Wildman–Crippen MR) is 308 cm³/mol. The number of methoxy groups -OCH3 is 2. The summed E-state index contributed by atoms with van der Waals surface area (Å²) in [5.41, 5.74) is 1.78. The maximum Gasteiger partial charge on any atom is 0.409 e. The number of nitrogens with one attached hydrogen (secondary N) is 2. The number of amides is 6. The molecule has 22 nitrogen and oxygen atoms in total. The van der Waals surface area contributed by atoms with Gasteiger partial charge < -0.3 is 48.5 Å². The SMILES string of the molecule is COc1cc2cc(c1Cl)N(C)C(=O)C[C@H](OC(=O)[C@H](C)N(C)C(=O)CCSSC(C)(C)CC(=O)N/N=C1\CCc3cc(OCCCC(=O)ON4C(=O)CCC4=O)cc(F)c31)C(C)(O)C[C@H](C)[C@@H]1C[C@@](O)(NC(=O)O1)[C@H](OC)/C=C/C=C(\C)C2. The van der Waals surface area contributed by atoms with Crippen molar-refractivity contribution in [1.82, 2.24) is 20.7 Å². The van der Waals surface area contributed by atoms with Crippen LogP contribution in [-0.2, 0) is 65.5 Å². The molecule has 1 unspecified atom stereocenters. The number of alkyl carbamates (subject to hydrolysis) is 1. The van der Waals surface area contributed by atoms with Crippen molar-refractivity contribution in [2.45, 2.75) is 159 Å². The Labute approximate surface area is 494 Å². The quantitative estimate of drug-likeness (QED) is 0.0369. The number of nitrogens with zero attached hydrogens (tertiary/aromatic N) is 4. The number of fused-ring (bicyclic) bond motifs is 5. The molecule has 0 aromatic heterocycles. The Kier molecular flexibility index (Phi) is 22.7. The molecular formula is C57H74ClFN6O16S2. The second-order valence-electron chi connectivity index (χ2n) is 22.0. The molecule has 4 aliphatic rings. The Morgan fingerprint density at radius 3 is 2.43 bits per heavy atom. The molecule has 1 aliphatic carbocycles. The molecule has 7 atom stereocenters. The van der Waals surface area contributed by atoms with Gasteiger partial charge in [-0.05, 0) is 102 Å². The highest BCUT2D eigenvalue weighted by molar-refractivity contribution is 8.77. The predicted octanol–water partition coefficient (Wildman–Crippen LogP) is 6.81. The number of hydrazone groups is 1. The van der Waals surface area contributed by atoms with Crippen molar-refractivity contribution in [3.05, 3.63) is 75.6 Å². The molecule has 2 saturated heterocycles. The monoisotopic (exact) mass is 1220 g/mol. The van der Waals surface area contributed by atoms with Gasteiger partial charge in [0.25, 0.3) is 11.8 Å². The van der Waals surface area contributed by atoms with Gasteiger partial charge in [0.1, 0.15) is 46.7 Å². The molecule has 2 aromatic carbocycles. The zero-order chi connectivity index (χ0) is 61.1. The Morgan fingerprint density at radius 1 is 1.04 bits per heavy atom. The number of carbonyl (C=O) groups is 8. The number of hydrogen-bond donors (Lipinski definition) is 4. The Morgan fingerprint density at radius 2 is 1.75 bits per heavy atom. The maximum absolute atomic E-state index is 15.4. The number of aliphatic hydroxyl groups is 2. The highest BCUT2D eigenvalue weighted by atomic mass is 35.5. The first-order valence-corrected chi connectivity index (χ1v) is 29.8. The lowest BCUT2D eigenvalue weighted by Gasteiger charge is -2.43. The highest BCUT2D eigenvalue weighted by Gasteiger charge is 2.49. The minimum atomic E-state index is -1.98. The minimum Gasteiger partial charge on any atom is -0.495 e. The van der Waals surface area contributed by atoms with Crippen LogP contribution >= 0.6 is 33.2 Å². The fraction of sp³-hybridized carbons (Fsp3) is 0.561. The molecule has 2 aromatic rings. The Hall–Kier alpha value is -6.25. The normalized spacial score (nSPS) is 25.1. The summed E-state index contributed by atoms with van der Waals surface area (Å²) < 4.78 is 43.3. The van der Waals surface area contributed by atoms with Gasteiger partial charge in [-0.2, -0.15) is 5.10 Å². The van der Waals surface area contributed by atoms with Crippen LogP contribution in [0.25, 0.3) is 0 Å². The minimum absolute atomic E-state index is 0.0130. The van der Waals surface area contributed by atoms with Gasteiger partial charge in [0.2, 0.25) is 17.7 Å². The lowest BCUT2D eigenvalue weighted by Crippen LogP contribution is -2.63. The van der Waals surface area contributed by atoms with Gasteiger partial charge >= 0.3 is 18.0 Å². The number of hydrogen-bond acceptors (Lipinski definition) is 19. The third-order valence-corrected chi connectivity index (χ3v) is 18.3. The van der Waals surface area contributed by atoms with Gasteiger partial charge in [-0.15, -0.1) is 5.06 Å². The molecule has 0 saturated carbocycles. The van der Waals surface area contributed by atoms with Crippen molar-refractivity contribution in [3.8, 4) is 11.5 Å². The number of benzene rings is 2. The summed E-state index contributed by atoms with van der Waals surface area (Å²) in [5, 5.41) is 31.5. The topological polar surface area (TPSA) is 279 Å². The van der Waals surface area contributed by atoms with Crippen molar-refractivity contribution in [2.24, 2.45) is 11.0 Å². The molecule has 6 amide bonds. The number of anilines is 1. The molecule has 0 spiro atoms. The van der Waals surface area contributed by atoms with Crippen LogP contribution in [-0.4, -0.2) is 155 Å². The number of esters is 1. The van der Waals surface area contributed by atoms with E-state index in [9.17, 15) is 48.6 Å². The van der Waals surface area contributed by atoms with E-state index in [1.165, 1.54) is 79.6 Å². The van der Waals surface area contributed by atoms with E-state index in [0.717, 1.165) is 11.1 Å². The summed E-state index contributed by atoms with van der Waals surface area (Å²) >= 11 is 6.80. The van der Waals surface area contributed by atoms with Gasteiger partial charge in [0.15, 0.2) is 5.72 Å². The first kappa shape index (κ1) is 65.9. The van der Waals surface area contributed by atoms with E-state index in [0.29, 0.717) is 47.1 Å². The van der Waals surface area contributed by atoms with Crippen molar-refractivity contribution >= 4 is 92.2 Å². The van der Waals surface area contributed by atoms with Gasteiger partial charge in [-0.25, -0.2) is 24.2 Å². The average molecular weight is 1220 g/mol. The molecular weight excluding hydrogens is 1140 g/mol. The third kappa shape index (κ3) is 17.4. The summed E-state index contributed by atoms with van der Waals surface area (Å²) in [4.78, 5) is 111. The van der Waals surface area contributed by atoms with Crippen LogP contribution < -0.4 is 25.1 Å². The van der Waals surface area contributed by atoms with E-state index in [2.05, 4.69) is 15.8 Å². The molecule has 4 N–H and O–H groups in total. The zero-order valence-corrected chi connectivity index (χ0v) is 50.7. The van der Waals surface area contributed by atoms with E-state index >= 15 is 4.39 Å². The largest absolute Gasteiger partial charge is 0.495 e. The second kappa shape index (κ2) is 28.6. The Bertz CT molecular complexity index is 2890. The molecule has 26 heteroatoms. The summed E-state index contributed by atoms with van der Waals surface area (Å²) in [6, 6.07) is 5.13. The average Bonchev–Trinajstić information content (AvgIpc) is 4.23. The summed E-state index contributed by atoms with van der Waals surface area (Å²) in [5.74, 6) is -4.74. The van der Waals surface area contributed by atoms with E-state index < -0.39 is 106 Å². The van der Waals surface area contributed by atoms with Gasteiger partial charge in [-0.3, -0.25) is 29.3 Å². The Balaban J connectivity index is 1.03. The van der Waals surface area contributed by atoms with Crippen molar-refractivity contribution in [1.29, 1.82) is 0 Å². The standard InChI is InChI=1S/C57H74ClFN6O16S2/c1-32-13-11-14-43(77-10)57(75)30-42(79-54(73)60-57)33(2)29-56(6,74)44(28-49(70)64(8)40-24-35(23-32)25-41(76-9)52(40)58)80-53(72)34(3)63(7)46(67)20-22-82-83-55(4,5)31-45(66)62-61-39-17-16-36-26-37(27-38(59)51(36)39)78-21-12-15-50(71)81-65-47(68)18-19-48(65)69/h11,13-14,24-27,33-34,42-44,74-75H,12,15-23,28-31H2,1-10H3,(H,60,73)(H,62,66)/b14-11+,32-13+,61-39+/t33-,34-,42-,43+,44-,56?,57-/m0/s1. The van der Waals surface area contributed by atoms with Gasteiger partial charge in [0, 0.05) is 75.4 Å². The van der Waals surface area contributed by atoms with Crippen molar-refractivity contribution in [3.63, 3.8) is 0 Å².